The Morgan fingerprint density at radius 2 is 1.79 bits per heavy atom. The topological polar surface area (TPSA) is 82.7 Å². The summed E-state index contributed by atoms with van der Waals surface area (Å²) in [5, 5.41) is 7.26. The normalized spacial score (nSPS) is 18.7. The van der Waals surface area contributed by atoms with E-state index >= 15 is 0 Å². The third-order valence-electron chi connectivity index (χ3n) is 5.81. The number of ether oxygens (including phenoxy) is 1. The van der Waals surface area contributed by atoms with Gasteiger partial charge in [0.2, 0.25) is 0 Å². The summed E-state index contributed by atoms with van der Waals surface area (Å²) in [6.07, 6.45) is 5.48. The molecule has 2 fully saturated rings. The molecule has 2 aliphatic heterocycles. The van der Waals surface area contributed by atoms with Crippen LogP contribution in [0.5, 0.6) is 0 Å². The highest BCUT2D eigenvalue weighted by atomic mass is 35.5. The molecule has 4 rings (SSSR count). The molecule has 0 unspecified atom stereocenters. The van der Waals surface area contributed by atoms with Crippen molar-refractivity contribution >= 4 is 56.0 Å². The lowest BCUT2D eigenvalue weighted by Gasteiger charge is -2.30. The van der Waals surface area contributed by atoms with E-state index in [2.05, 4.69) is 20.3 Å². The highest BCUT2D eigenvalue weighted by Gasteiger charge is 2.24. The van der Waals surface area contributed by atoms with Crippen LogP contribution in [0.25, 0.3) is 0 Å². The van der Waals surface area contributed by atoms with Crippen molar-refractivity contribution in [3.63, 3.8) is 0 Å². The fraction of sp³-hybridized carbons (Fsp3) is 0.435. The highest BCUT2D eigenvalue weighted by Crippen LogP contribution is 2.32. The van der Waals surface area contributed by atoms with Crippen LogP contribution in [-0.2, 0) is 14.8 Å². The SMILES string of the molecule is O=S(=O)(Nc1ccc(Cl)cc1)c1cc(NC(=S)NC[C@H]2CCCO2)ccc1N1CCCCC1. The molecular weight excluding hydrogens is 480 g/mol. The average Bonchev–Trinajstić information content (AvgIpc) is 3.33. The largest absolute Gasteiger partial charge is 0.376 e. The van der Waals surface area contributed by atoms with Gasteiger partial charge in [-0.3, -0.25) is 4.72 Å². The number of anilines is 3. The van der Waals surface area contributed by atoms with Crippen LogP contribution < -0.4 is 20.3 Å². The van der Waals surface area contributed by atoms with E-state index in [0.29, 0.717) is 33.7 Å². The van der Waals surface area contributed by atoms with E-state index in [1.54, 1.807) is 30.3 Å². The summed E-state index contributed by atoms with van der Waals surface area (Å²) in [5.41, 5.74) is 1.76. The van der Waals surface area contributed by atoms with Crippen molar-refractivity contribution in [3.8, 4) is 0 Å². The number of nitrogens with one attached hydrogen (secondary N) is 3. The Bertz CT molecular complexity index is 1070. The number of sulfonamides is 1. The molecule has 10 heteroatoms. The molecule has 2 heterocycles. The number of hydrogen-bond donors (Lipinski definition) is 3. The van der Waals surface area contributed by atoms with Gasteiger partial charge in [0.1, 0.15) is 4.90 Å². The molecule has 7 nitrogen and oxygen atoms in total. The van der Waals surface area contributed by atoms with Crippen LogP contribution in [0.15, 0.2) is 47.4 Å². The molecule has 2 aromatic carbocycles. The molecule has 0 aromatic heterocycles. The Morgan fingerprint density at radius 1 is 1.06 bits per heavy atom. The molecule has 2 aliphatic rings. The van der Waals surface area contributed by atoms with Gasteiger partial charge in [0.25, 0.3) is 10.0 Å². The summed E-state index contributed by atoms with van der Waals surface area (Å²) >= 11 is 11.4. The van der Waals surface area contributed by atoms with E-state index in [1.807, 2.05) is 12.1 Å². The zero-order chi connectivity index (χ0) is 23.3. The van der Waals surface area contributed by atoms with Crippen molar-refractivity contribution in [2.24, 2.45) is 0 Å². The molecule has 0 saturated carbocycles. The molecule has 2 aromatic rings. The van der Waals surface area contributed by atoms with Crippen molar-refractivity contribution in [2.75, 3.05) is 41.2 Å². The second kappa shape index (κ2) is 10.9. The van der Waals surface area contributed by atoms with E-state index in [0.717, 1.165) is 51.8 Å². The first-order valence-electron chi connectivity index (χ1n) is 11.2. The third kappa shape index (κ3) is 6.50. The number of halogens is 1. The Morgan fingerprint density at radius 3 is 2.48 bits per heavy atom. The van der Waals surface area contributed by atoms with Gasteiger partial charge in [0.15, 0.2) is 5.11 Å². The van der Waals surface area contributed by atoms with Crippen LogP contribution in [-0.4, -0.2) is 45.9 Å². The van der Waals surface area contributed by atoms with Gasteiger partial charge < -0.3 is 20.3 Å². The van der Waals surface area contributed by atoms with Gasteiger partial charge in [-0.25, -0.2) is 8.42 Å². The summed E-state index contributed by atoms with van der Waals surface area (Å²) in [7, 11) is -3.85. The fourth-order valence-electron chi connectivity index (χ4n) is 4.12. The maximum Gasteiger partial charge on any atom is 0.264 e. The van der Waals surface area contributed by atoms with Crippen LogP contribution in [0, 0.1) is 0 Å². The van der Waals surface area contributed by atoms with Gasteiger partial charge in [-0.2, -0.15) is 0 Å². The predicted octanol–water partition coefficient (Wildman–Crippen LogP) is 4.60. The van der Waals surface area contributed by atoms with Gasteiger partial charge in [-0.1, -0.05) is 11.6 Å². The maximum absolute atomic E-state index is 13.4. The second-order valence-corrected chi connectivity index (χ2v) is 10.8. The van der Waals surface area contributed by atoms with Crippen molar-refractivity contribution in [1.29, 1.82) is 0 Å². The molecule has 2 saturated heterocycles. The van der Waals surface area contributed by atoms with Crippen LogP contribution in [0.3, 0.4) is 0 Å². The highest BCUT2D eigenvalue weighted by molar-refractivity contribution is 7.93. The molecule has 33 heavy (non-hydrogen) atoms. The van der Waals surface area contributed by atoms with Gasteiger partial charge >= 0.3 is 0 Å². The first kappa shape index (κ1) is 24.1. The quantitative estimate of drug-likeness (QED) is 0.471. The van der Waals surface area contributed by atoms with Crippen LogP contribution in [0.4, 0.5) is 17.1 Å². The third-order valence-corrected chi connectivity index (χ3v) is 7.72. The first-order valence-corrected chi connectivity index (χ1v) is 13.5. The van der Waals surface area contributed by atoms with E-state index in [4.69, 9.17) is 28.6 Å². The van der Waals surface area contributed by atoms with Crippen molar-refractivity contribution in [1.82, 2.24) is 5.32 Å². The fourth-order valence-corrected chi connectivity index (χ4v) is 5.76. The Kier molecular flexibility index (Phi) is 7.95. The standard InChI is InChI=1S/C23H29ClN4O3S2/c24-17-6-8-18(9-7-17)27-33(29,30)22-15-19(10-11-21(22)28-12-2-1-3-13-28)26-23(32)25-16-20-5-4-14-31-20/h6-11,15,20,27H,1-5,12-14,16H2,(H2,25,26,32)/t20-/m1/s1. The summed E-state index contributed by atoms with van der Waals surface area (Å²) < 4.78 is 35.1. The molecule has 3 N–H and O–H groups in total. The summed E-state index contributed by atoms with van der Waals surface area (Å²) in [4.78, 5) is 2.35. The number of hydrogen-bond acceptors (Lipinski definition) is 5. The molecule has 0 radical (unpaired) electrons. The van der Waals surface area contributed by atoms with Crippen LogP contribution in [0.1, 0.15) is 32.1 Å². The van der Waals surface area contributed by atoms with Crippen molar-refractivity contribution in [3.05, 3.63) is 47.5 Å². The van der Waals surface area contributed by atoms with Crippen LogP contribution >= 0.6 is 23.8 Å². The number of thiocarbonyl (C=S) groups is 1. The lowest BCUT2D eigenvalue weighted by molar-refractivity contribution is 0.114. The van der Waals surface area contributed by atoms with E-state index in [-0.39, 0.29) is 11.0 Å². The summed E-state index contributed by atoms with van der Waals surface area (Å²) in [6.45, 7) is 3.07. The monoisotopic (exact) mass is 508 g/mol. The molecule has 178 valence electrons. The van der Waals surface area contributed by atoms with Gasteiger partial charge in [0.05, 0.1) is 11.8 Å². The maximum atomic E-state index is 13.4. The Balaban J connectivity index is 1.56. The lowest BCUT2D eigenvalue weighted by atomic mass is 10.1. The average molecular weight is 509 g/mol. The number of piperidine rings is 1. The number of nitrogens with zero attached hydrogens (tertiary/aromatic N) is 1. The predicted molar refractivity (Wildman–Crippen MR) is 138 cm³/mol. The van der Waals surface area contributed by atoms with E-state index in [9.17, 15) is 8.42 Å². The van der Waals surface area contributed by atoms with Crippen molar-refractivity contribution < 1.29 is 13.2 Å². The second-order valence-electron chi connectivity index (χ2n) is 8.31. The van der Waals surface area contributed by atoms with Crippen molar-refractivity contribution in [2.45, 2.75) is 43.1 Å². The number of rotatable bonds is 7. The Labute approximate surface area is 205 Å². The minimum absolute atomic E-state index is 0.158. The first-order chi connectivity index (χ1) is 15.9. The summed E-state index contributed by atoms with van der Waals surface area (Å²) in [5.74, 6) is 0. The zero-order valence-corrected chi connectivity index (χ0v) is 20.7. The molecule has 0 bridgehead atoms. The zero-order valence-electron chi connectivity index (χ0n) is 18.3. The van der Waals surface area contributed by atoms with E-state index < -0.39 is 10.0 Å². The molecule has 0 amide bonds. The minimum Gasteiger partial charge on any atom is -0.376 e. The Hall–Kier alpha value is -2.07. The van der Waals surface area contributed by atoms with Gasteiger partial charge in [-0.15, -0.1) is 0 Å². The summed E-state index contributed by atoms with van der Waals surface area (Å²) in [6, 6.07) is 12.0. The van der Waals surface area contributed by atoms with Gasteiger partial charge in [0, 0.05) is 42.6 Å². The molecule has 1 atom stereocenters. The number of benzene rings is 2. The van der Waals surface area contributed by atoms with Gasteiger partial charge in [-0.05, 0) is 86.8 Å². The smallest absolute Gasteiger partial charge is 0.264 e. The molecule has 0 spiro atoms. The lowest BCUT2D eigenvalue weighted by Crippen LogP contribution is -2.35. The van der Waals surface area contributed by atoms with E-state index in [1.165, 1.54) is 0 Å². The molecule has 0 aliphatic carbocycles. The molecular formula is C23H29ClN4O3S2. The van der Waals surface area contributed by atoms with Crippen LogP contribution in [0.2, 0.25) is 5.02 Å². The minimum atomic E-state index is -3.85.